The highest BCUT2D eigenvalue weighted by molar-refractivity contribution is 7.89. The Balaban J connectivity index is 1.99. The molecule has 2 atom stereocenters. The number of hydrogen-bond acceptors (Lipinski definition) is 4. The van der Waals surface area contributed by atoms with Crippen LogP contribution in [0.25, 0.3) is 10.9 Å². The summed E-state index contributed by atoms with van der Waals surface area (Å²) in [6.45, 7) is 0. The van der Waals surface area contributed by atoms with Gasteiger partial charge in [-0.1, -0.05) is 12.5 Å². The monoisotopic (exact) mass is 301 g/mol. The molecule has 0 spiro atoms. The molecule has 1 heterocycles. The number of nitrogens with zero attached hydrogens (tertiary/aromatic N) is 2. The van der Waals surface area contributed by atoms with Crippen LogP contribution >= 0.6 is 0 Å². The molecule has 0 saturated heterocycles. The molecule has 1 aliphatic carbocycles. The van der Waals surface area contributed by atoms with Crippen molar-refractivity contribution in [2.45, 2.75) is 30.2 Å². The Bertz CT molecular complexity index is 806. The standard InChI is InChI=1S/C15H15N3O2S/c16-10-11-4-1-6-13(11)18-21(19,20)15-8-2-7-14-12(15)5-3-9-17-14/h2-3,5,7-9,11,13,18H,1,4,6H2. The van der Waals surface area contributed by atoms with Gasteiger partial charge in [-0.05, 0) is 37.1 Å². The molecule has 0 radical (unpaired) electrons. The second kappa shape index (κ2) is 5.43. The molecule has 21 heavy (non-hydrogen) atoms. The molecule has 0 bridgehead atoms. The molecule has 2 aromatic rings. The van der Waals surface area contributed by atoms with Gasteiger partial charge >= 0.3 is 0 Å². The van der Waals surface area contributed by atoms with Crippen molar-refractivity contribution in [1.82, 2.24) is 9.71 Å². The Morgan fingerprint density at radius 3 is 2.90 bits per heavy atom. The number of benzene rings is 1. The molecule has 108 valence electrons. The van der Waals surface area contributed by atoms with Crippen LogP contribution in [0.15, 0.2) is 41.4 Å². The summed E-state index contributed by atoms with van der Waals surface area (Å²) in [5, 5.41) is 9.68. The Labute approximate surface area is 123 Å². The first kappa shape index (κ1) is 14.0. The second-order valence-electron chi connectivity index (χ2n) is 5.22. The van der Waals surface area contributed by atoms with Gasteiger partial charge in [-0.2, -0.15) is 5.26 Å². The molecule has 2 unspecified atom stereocenters. The van der Waals surface area contributed by atoms with Crippen molar-refractivity contribution >= 4 is 20.9 Å². The Kier molecular flexibility index (Phi) is 3.62. The molecule has 1 N–H and O–H groups in total. The number of rotatable bonds is 3. The minimum absolute atomic E-state index is 0.219. The smallest absolute Gasteiger partial charge is 0.241 e. The Hall–Kier alpha value is -1.97. The van der Waals surface area contributed by atoms with Crippen LogP contribution in [0.1, 0.15) is 19.3 Å². The lowest BCUT2D eigenvalue weighted by Crippen LogP contribution is -2.36. The average Bonchev–Trinajstić information content (AvgIpc) is 2.93. The van der Waals surface area contributed by atoms with E-state index >= 15 is 0 Å². The number of nitrogens with one attached hydrogen (secondary N) is 1. The van der Waals surface area contributed by atoms with Crippen LogP contribution in [0.2, 0.25) is 0 Å². The van der Waals surface area contributed by atoms with Crippen molar-refractivity contribution < 1.29 is 8.42 Å². The van der Waals surface area contributed by atoms with E-state index in [-0.39, 0.29) is 16.9 Å². The summed E-state index contributed by atoms with van der Waals surface area (Å²) >= 11 is 0. The zero-order valence-electron chi connectivity index (χ0n) is 11.4. The van der Waals surface area contributed by atoms with Gasteiger partial charge in [0.1, 0.15) is 0 Å². The van der Waals surface area contributed by atoms with E-state index in [1.807, 2.05) is 0 Å². The number of pyridine rings is 1. The lowest BCUT2D eigenvalue weighted by Gasteiger charge is -2.16. The van der Waals surface area contributed by atoms with Crippen molar-refractivity contribution in [3.63, 3.8) is 0 Å². The maximum atomic E-state index is 12.6. The summed E-state index contributed by atoms with van der Waals surface area (Å²) in [5.74, 6) is -0.243. The van der Waals surface area contributed by atoms with Gasteiger partial charge in [0, 0.05) is 17.6 Å². The third-order valence-electron chi connectivity index (χ3n) is 3.88. The molecule has 1 aliphatic rings. The van der Waals surface area contributed by atoms with E-state index in [1.165, 1.54) is 0 Å². The van der Waals surface area contributed by atoms with Crippen LogP contribution in [-0.2, 0) is 10.0 Å². The number of hydrogen-bond donors (Lipinski definition) is 1. The van der Waals surface area contributed by atoms with E-state index < -0.39 is 10.0 Å². The zero-order chi connectivity index (χ0) is 14.9. The molecule has 0 amide bonds. The van der Waals surface area contributed by atoms with Gasteiger partial charge in [-0.25, -0.2) is 13.1 Å². The van der Waals surface area contributed by atoms with Crippen LogP contribution in [0.4, 0.5) is 0 Å². The second-order valence-corrected chi connectivity index (χ2v) is 6.90. The average molecular weight is 301 g/mol. The van der Waals surface area contributed by atoms with Crippen LogP contribution in [0, 0.1) is 17.2 Å². The summed E-state index contributed by atoms with van der Waals surface area (Å²) in [5.41, 5.74) is 0.642. The minimum atomic E-state index is -3.65. The van der Waals surface area contributed by atoms with Gasteiger partial charge in [0.05, 0.1) is 22.4 Å². The first-order valence-electron chi connectivity index (χ1n) is 6.87. The fraction of sp³-hybridized carbons (Fsp3) is 0.333. The molecule has 6 heteroatoms. The topological polar surface area (TPSA) is 82.9 Å². The summed E-state index contributed by atoms with van der Waals surface area (Å²) < 4.78 is 27.9. The van der Waals surface area contributed by atoms with Crippen molar-refractivity contribution in [1.29, 1.82) is 5.26 Å². The SMILES string of the molecule is N#CC1CCCC1NS(=O)(=O)c1cccc2ncccc12. The van der Waals surface area contributed by atoms with E-state index in [4.69, 9.17) is 5.26 Å². The quantitative estimate of drug-likeness (QED) is 0.942. The van der Waals surface area contributed by atoms with E-state index in [0.717, 1.165) is 12.8 Å². The lowest BCUT2D eigenvalue weighted by atomic mass is 10.1. The largest absolute Gasteiger partial charge is 0.256 e. The van der Waals surface area contributed by atoms with Gasteiger partial charge < -0.3 is 0 Å². The van der Waals surface area contributed by atoms with Crippen molar-refractivity contribution in [2.75, 3.05) is 0 Å². The number of fused-ring (bicyclic) bond motifs is 1. The first-order valence-corrected chi connectivity index (χ1v) is 8.36. The van der Waals surface area contributed by atoms with E-state index in [2.05, 4.69) is 15.8 Å². The molecule has 0 aliphatic heterocycles. The fourth-order valence-electron chi connectivity index (χ4n) is 2.83. The molecular formula is C15H15N3O2S. The van der Waals surface area contributed by atoms with Gasteiger partial charge in [-0.15, -0.1) is 0 Å². The van der Waals surface area contributed by atoms with Crippen molar-refractivity contribution in [3.05, 3.63) is 36.5 Å². The molecule has 1 saturated carbocycles. The van der Waals surface area contributed by atoms with Crippen LogP contribution in [0.5, 0.6) is 0 Å². The summed E-state index contributed by atoms with van der Waals surface area (Å²) in [6.07, 6.45) is 3.97. The van der Waals surface area contributed by atoms with Crippen LogP contribution in [0.3, 0.4) is 0 Å². The number of sulfonamides is 1. The van der Waals surface area contributed by atoms with Crippen LogP contribution in [-0.4, -0.2) is 19.4 Å². The summed E-state index contributed by atoms with van der Waals surface area (Å²) in [4.78, 5) is 4.39. The molecule has 5 nitrogen and oxygen atoms in total. The van der Waals surface area contributed by atoms with Gasteiger partial charge in [0.15, 0.2) is 0 Å². The van der Waals surface area contributed by atoms with E-state index in [9.17, 15) is 8.42 Å². The summed E-state index contributed by atoms with van der Waals surface area (Å²) in [6, 6.07) is 10.4. The Morgan fingerprint density at radius 2 is 2.10 bits per heavy atom. The van der Waals surface area contributed by atoms with E-state index in [1.54, 1.807) is 36.5 Å². The predicted molar refractivity (Wildman–Crippen MR) is 78.8 cm³/mol. The van der Waals surface area contributed by atoms with E-state index in [0.29, 0.717) is 17.3 Å². The molecule has 1 fully saturated rings. The predicted octanol–water partition coefficient (Wildman–Crippen LogP) is 2.21. The molecule has 1 aromatic heterocycles. The maximum absolute atomic E-state index is 12.6. The van der Waals surface area contributed by atoms with Crippen molar-refractivity contribution in [3.8, 4) is 6.07 Å². The third-order valence-corrected chi connectivity index (χ3v) is 5.43. The van der Waals surface area contributed by atoms with Crippen molar-refractivity contribution in [2.24, 2.45) is 5.92 Å². The Morgan fingerprint density at radius 1 is 1.24 bits per heavy atom. The highest BCUT2D eigenvalue weighted by Crippen LogP contribution is 2.28. The van der Waals surface area contributed by atoms with Gasteiger partial charge in [0.25, 0.3) is 0 Å². The fourth-order valence-corrected chi connectivity index (χ4v) is 4.36. The molecule has 1 aromatic carbocycles. The van der Waals surface area contributed by atoms with Gasteiger partial charge in [0.2, 0.25) is 10.0 Å². The van der Waals surface area contributed by atoms with Crippen LogP contribution < -0.4 is 4.72 Å². The third kappa shape index (κ3) is 2.62. The molecule has 3 rings (SSSR count). The first-order chi connectivity index (χ1) is 10.1. The zero-order valence-corrected chi connectivity index (χ0v) is 12.2. The summed E-state index contributed by atoms with van der Waals surface area (Å²) in [7, 11) is -3.65. The maximum Gasteiger partial charge on any atom is 0.241 e. The van der Waals surface area contributed by atoms with Gasteiger partial charge in [-0.3, -0.25) is 4.98 Å². The number of nitriles is 1. The number of aromatic nitrogens is 1. The molecular weight excluding hydrogens is 286 g/mol. The lowest BCUT2D eigenvalue weighted by molar-refractivity contribution is 0.515. The normalized spacial score (nSPS) is 22.2. The highest BCUT2D eigenvalue weighted by atomic mass is 32.2. The highest BCUT2D eigenvalue weighted by Gasteiger charge is 2.31. The minimum Gasteiger partial charge on any atom is -0.256 e.